The number of carboxylic acids is 1. The number of hydrogen-bond donors (Lipinski definition) is 4. The van der Waals surface area contributed by atoms with Crippen LogP contribution in [-0.2, 0) is 4.79 Å². The van der Waals surface area contributed by atoms with Gasteiger partial charge in [-0.2, -0.15) is 0 Å². The van der Waals surface area contributed by atoms with Crippen LogP contribution >= 0.6 is 0 Å². The first-order valence-corrected chi connectivity index (χ1v) is 8.36. The Balaban J connectivity index is 1.63. The number of fused-ring (bicyclic) bond motifs is 1. The molecule has 2 aromatic carbocycles. The van der Waals surface area contributed by atoms with Crippen LogP contribution in [0.3, 0.4) is 0 Å². The van der Waals surface area contributed by atoms with Crippen LogP contribution in [-0.4, -0.2) is 33.9 Å². The van der Waals surface area contributed by atoms with Crippen molar-refractivity contribution in [1.82, 2.24) is 9.97 Å². The van der Waals surface area contributed by atoms with Gasteiger partial charge in [0.05, 0.1) is 17.6 Å². The van der Waals surface area contributed by atoms with Crippen LogP contribution in [0.5, 0.6) is 11.5 Å². The monoisotopic (exact) mass is 392 g/mol. The Morgan fingerprint density at radius 1 is 1.21 bits per heavy atom. The van der Waals surface area contributed by atoms with E-state index in [4.69, 9.17) is 9.84 Å². The number of anilines is 2. The highest BCUT2D eigenvalue weighted by Gasteiger charge is 2.24. The fourth-order valence-electron chi connectivity index (χ4n) is 2.45. The van der Waals surface area contributed by atoms with Crippen molar-refractivity contribution in [2.45, 2.75) is 19.1 Å². The highest BCUT2D eigenvalue weighted by atomic mass is 19.3. The summed E-state index contributed by atoms with van der Waals surface area (Å²) in [6.45, 7) is 0.299. The average Bonchev–Trinajstić information content (AvgIpc) is 3.00. The lowest BCUT2D eigenvalue weighted by atomic mass is 10.3. The number of carbonyl (C=O) groups is 1. The summed E-state index contributed by atoms with van der Waals surface area (Å²) >= 11 is 0. The van der Waals surface area contributed by atoms with Gasteiger partial charge in [-0.3, -0.25) is 4.79 Å². The van der Waals surface area contributed by atoms with Crippen LogP contribution in [0.2, 0.25) is 0 Å². The van der Waals surface area contributed by atoms with Crippen LogP contribution in [0.1, 0.15) is 12.8 Å². The summed E-state index contributed by atoms with van der Waals surface area (Å²) in [6.07, 6.45) is -3.27. The number of alkyl halides is 2. The number of halogens is 2. The van der Waals surface area contributed by atoms with Crippen molar-refractivity contribution in [2.24, 2.45) is 5.73 Å². The third-order valence-electron chi connectivity index (χ3n) is 3.63. The van der Waals surface area contributed by atoms with E-state index in [1.54, 1.807) is 30.3 Å². The number of H-pyrrole nitrogens is 1. The Hall–Kier alpha value is -3.40. The maximum absolute atomic E-state index is 12.6. The van der Waals surface area contributed by atoms with Gasteiger partial charge >= 0.3 is 12.2 Å². The number of benzene rings is 2. The molecule has 0 fully saturated rings. The number of ether oxygens (including phenoxy) is 2. The zero-order chi connectivity index (χ0) is 20.1. The summed E-state index contributed by atoms with van der Waals surface area (Å²) in [6, 6.07) is 11.1. The minimum atomic E-state index is -3.74. The largest absolute Gasteiger partial charge is 0.494 e. The molecule has 3 rings (SSSR count). The molecule has 1 heterocycles. The summed E-state index contributed by atoms with van der Waals surface area (Å²) in [7, 11) is 0. The molecule has 0 spiro atoms. The molecule has 28 heavy (non-hydrogen) atoms. The van der Waals surface area contributed by atoms with Gasteiger partial charge in [-0.25, -0.2) is 10.7 Å². The fraction of sp³-hybridized carbons (Fsp3) is 0.222. The minimum absolute atomic E-state index is 0.0487. The standard InChI is InChI=1S/C18H18F2N4O4/c19-18(20,21)28-12-5-3-11(4-6-12)22-17-23-14-8-7-13(10-15(14)24-17)27-9-1-2-16(25)26/h3-8,10H,1-2,9,21H2,(H,25,26)(H2,22,23,24). The molecule has 10 heteroatoms. The number of aliphatic carboxylic acids is 1. The number of nitrogens with one attached hydrogen (secondary N) is 2. The minimum Gasteiger partial charge on any atom is -0.494 e. The van der Waals surface area contributed by atoms with E-state index in [0.29, 0.717) is 35.9 Å². The smallest absolute Gasteiger partial charge is 0.466 e. The van der Waals surface area contributed by atoms with Gasteiger partial charge in [0.2, 0.25) is 5.95 Å². The number of nitrogens with two attached hydrogens (primary N) is 1. The number of aromatic nitrogens is 2. The van der Waals surface area contributed by atoms with Crippen LogP contribution < -0.4 is 20.5 Å². The molecule has 0 aliphatic carbocycles. The summed E-state index contributed by atoms with van der Waals surface area (Å²) in [5.74, 6) is 0.125. The van der Waals surface area contributed by atoms with Crippen molar-refractivity contribution in [1.29, 1.82) is 0 Å². The van der Waals surface area contributed by atoms with E-state index in [1.807, 2.05) is 0 Å². The zero-order valence-corrected chi connectivity index (χ0v) is 14.6. The maximum atomic E-state index is 12.6. The van der Waals surface area contributed by atoms with Crippen molar-refractivity contribution < 1.29 is 28.2 Å². The molecule has 0 unspecified atom stereocenters. The normalized spacial score (nSPS) is 11.4. The molecule has 0 amide bonds. The predicted molar refractivity (Wildman–Crippen MR) is 97.9 cm³/mol. The summed E-state index contributed by atoms with van der Waals surface area (Å²) in [5, 5.41) is 11.6. The van der Waals surface area contributed by atoms with Gasteiger partial charge in [0.1, 0.15) is 11.5 Å². The Kier molecular flexibility index (Phi) is 5.59. The molecule has 3 aromatic rings. The van der Waals surface area contributed by atoms with E-state index in [0.717, 1.165) is 5.52 Å². The second-order valence-electron chi connectivity index (χ2n) is 5.92. The number of hydrogen-bond acceptors (Lipinski definition) is 6. The van der Waals surface area contributed by atoms with Crippen molar-refractivity contribution in [3.63, 3.8) is 0 Å². The topological polar surface area (TPSA) is 122 Å². The lowest BCUT2D eigenvalue weighted by molar-refractivity contribution is -0.170. The SMILES string of the molecule is NC(F)(F)Oc1ccc(Nc2nc3ccc(OCCCC(=O)O)cc3[nH]2)cc1. The number of rotatable bonds is 9. The van der Waals surface area contributed by atoms with Crippen LogP contribution in [0, 0.1) is 0 Å². The van der Waals surface area contributed by atoms with Gasteiger partial charge < -0.3 is 24.9 Å². The zero-order valence-electron chi connectivity index (χ0n) is 14.6. The molecular weight excluding hydrogens is 374 g/mol. The van der Waals surface area contributed by atoms with Crippen LogP contribution in [0.4, 0.5) is 20.4 Å². The van der Waals surface area contributed by atoms with E-state index >= 15 is 0 Å². The lowest BCUT2D eigenvalue weighted by Gasteiger charge is -2.12. The molecule has 0 bridgehead atoms. The van der Waals surface area contributed by atoms with E-state index in [2.05, 4.69) is 25.8 Å². The van der Waals surface area contributed by atoms with Gasteiger partial charge in [0, 0.05) is 18.2 Å². The van der Waals surface area contributed by atoms with Crippen LogP contribution in [0.25, 0.3) is 11.0 Å². The second kappa shape index (κ2) is 8.09. The molecule has 5 N–H and O–H groups in total. The van der Waals surface area contributed by atoms with Gasteiger partial charge in [-0.1, -0.05) is 0 Å². The predicted octanol–water partition coefficient (Wildman–Crippen LogP) is 3.44. The van der Waals surface area contributed by atoms with E-state index in [-0.39, 0.29) is 12.2 Å². The first-order valence-electron chi connectivity index (χ1n) is 8.36. The maximum Gasteiger partial charge on any atom is 0.466 e. The highest BCUT2D eigenvalue weighted by molar-refractivity contribution is 5.80. The number of imidazole rings is 1. The summed E-state index contributed by atoms with van der Waals surface area (Å²) in [4.78, 5) is 18.0. The Bertz CT molecular complexity index is 954. The Morgan fingerprint density at radius 3 is 2.61 bits per heavy atom. The average molecular weight is 392 g/mol. The van der Waals surface area contributed by atoms with E-state index in [1.165, 1.54) is 12.1 Å². The van der Waals surface area contributed by atoms with Gasteiger partial charge in [0.25, 0.3) is 0 Å². The third-order valence-corrected chi connectivity index (χ3v) is 3.63. The second-order valence-corrected chi connectivity index (χ2v) is 5.92. The molecule has 0 aliphatic heterocycles. The van der Waals surface area contributed by atoms with Gasteiger partial charge in [0.15, 0.2) is 0 Å². The first kappa shape index (κ1) is 19.4. The first-order chi connectivity index (χ1) is 13.3. The van der Waals surface area contributed by atoms with Crippen molar-refractivity contribution in [2.75, 3.05) is 11.9 Å². The molecule has 0 saturated heterocycles. The molecule has 1 aromatic heterocycles. The summed E-state index contributed by atoms with van der Waals surface area (Å²) < 4.78 is 35.1. The van der Waals surface area contributed by atoms with Crippen molar-refractivity contribution >= 4 is 28.6 Å². The van der Waals surface area contributed by atoms with Crippen molar-refractivity contribution in [3.05, 3.63) is 42.5 Å². The molecule has 0 atom stereocenters. The quantitative estimate of drug-likeness (QED) is 0.250. The van der Waals surface area contributed by atoms with E-state index < -0.39 is 12.2 Å². The fourth-order valence-corrected chi connectivity index (χ4v) is 2.45. The summed E-state index contributed by atoms with van der Waals surface area (Å²) in [5.41, 5.74) is 6.54. The van der Waals surface area contributed by atoms with Crippen molar-refractivity contribution in [3.8, 4) is 11.5 Å². The number of aromatic amines is 1. The molecule has 0 aliphatic rings. The lowest BCUT2D eigenvalue weighted by Crippen LogP contribution is -2.35. The molecule has 148 valence electrons. The molecule has 0 saturated carbocycles. The van der Waals surface area contributed by atoms with Gasteiger partial charge in [-0.05, 0) is 42.8 Å². The Morgan fingerprint density at radius 2 is 1.93 bits per heavy atom. The highest BCUT2D eigenvalue weighted by Crippen LogP contribution is 2.24. The van der Waals surface area contributed by atoms with Crippen LogP contribution in [0.15, 0.2) is 42.5 Å². The number of nitrogens with zero attached hydrogens (tertiary/aromatic N) is 1. The third kappa shape index (κ3) is 5.55. The van der Waals surface area contributed by atoms with Gasteiger partial charge in [-0.15, -0.1) is 8.78 Å². The Labute approximate surface area is 158 Å². The van der Waals surface area contributed by atoms with E-state index in [9.17, 15) is 13.6 Å². The molecule has 0 radical (unpaired) electrons. The number of carboxylic acid groups (broad SMARTS) is 1. The molecular formula is C18H18F2N4O4. The molecule has 8 nitrogen and oxygen atoms in total.